The first-order chi connectivity index (χ1) is 7.62. The maximum atomic E-state index is 11.2. The highest BCUT2D eigenvalue weighted by atomic mass is 16.4. The Labute approximate surface area is 95.5 Å². The molecular weight excluding hydrogens is 202 g/mol. The maximum absolute atomic E-state index is 11.2. The number of carbonyl (C=O) groups is 1. The average molecular weight is 219 g/mol. The molecule has 0 heterocycles. The lowest BCUT2D eigenvalue weighted by Crippen LogP contribution is -2.43. The molecule has 1 saturated carbocycles. The molecule has 0 atom stereocenters. The van der Waals surface area contributed by atoms with E-state index in [1.165, 1.54) is 5.56 Å². The van der Waals surface area contributed by atoms with Crippen LogP contribution in [0.5, 0.6) is 0 Å². The molecule has 0 radical (unpaired) electrons. The number of rotatable bonds is 4. The van der Waals surface area contributed by atoms with Gasteiger partial charge in [-0.15, -0.1) is 0 Å². The minimum absolute atomic E-state index is 0.524. The van der Waals surface area contributed by atoms with Gasteiger partial charge in [0.15, 0.2) is 0 Å². The Balaban J connectivity index is 1.99. The summed E-state index contributed by atoms with van der Waals surface area (Å²) in [7, 11) is 0. The Morgan fingerprint density at radius 2 is 2.25 bits per heavy atom. The number of aryl methyl sites for hydroxylation is 1. The third kappa shape index (κ3) is 2.03. The van der Waals surface area contributed by atoms with E-state index in [0.717, 1.165) is 24.9 Å². The zero-order chi connectivity index (χ0) is 11.6. The van der Waals surface area contributed by atoms with E-state index in [1.54, 1.807) is 0 Å². The van der Waals surface area contributed by atoms with Gasteiger partial charge >= 0.3 is 5.97 Å². The summed E-state index contributed by atoms with van der Waals surface area (Å²) in [6.45, 7) is 2.56. The molecule has 0 amide bonds. The van der Waals surface area contributed by atoms with Crippen molar-refractivity contribution in [1.29, 1.82) is 0 Å². The zero-order valence-electron chi connectivity index (χ0n) is 9.49. The van der Waals surface area contributed by atoms with Crippen molar-refractivity contribution >= 4 is 11.7 Å². The van der Waals surface area contributed by atoms with E-state index < -0.39 is 11.4 Å². The van der Waals surface area contributed by atoms with Crippen LogP contribution in [0.4, 0.5) is 5.69 Å². The molecule has 16 heavy (non-hydrogen) atoms. The molecule has 1 aliphatic carbocycles. The van der Waals surface area contributed by atoms with E-state index in [-0.39, 0.29) is 0 Å². The summed E-state index contributed by atoms with van der Waals surface area (Å²) in [5.74, 6) is -0.668. The van der Waals surface area contributed by atoms with Crippen LogP contribution in [-0.4, -0.2) is 17.6 Å². The van der Waals surface area contributed by atoms with Crippen molar-refractivity contribution in [1.82, 2.24) is 0 Å². The number of benzene rings is 1. The highest BCUT2D eigenvalue weighted by Crippen LogP contribution is 2.41. The van der Waals surface area contributed by atoms with Crippen LogP contribution >= 0.6 is 0 Å². The van der Waals surface area contributed by atoms with Crippen molar-refractivity contribution in [2.45, 2.75) is 26.2 Å². The minimum atomic E-state index is -0.668. The predicted molar refractivity (Wildman–Crippen MR) is 63.6 cm³/mol. The molecule has 1 aromatic rings. The lowest BCUT2D eigenvalue weighted by molar-refractivity contribution is -0.153. The van der Waals surface area contributed by atoms with Crippen molar-refractivity contribution < 1.29 is 9.90 Å². The van der Waals surface area contributed by atoms with Crippen LogP contribution in [0.25, 0.3) is 0 Å². The summed E-state index contributed by atoms with van der Waals surface area (Å²) >= 11 is 0. The fourth-order valence-corrected chi connectivity index (χ4v) is 2.10. The number of nitrogens with one attached hydrogen (secondary N) is 1. The van der Waals surface area contributed by atoms with Gasteiger partial charge in [0, 0.05) is 12.2 Å². The van der Waals surface area contributed by atoms with Gasteiger partial charge in [0.25, 0.3) is 0 Å². The molecule has 2 rings (SSSR count). The Bertz CT molecular complexity index is 397. The number of anilines is 1. The van der Waals surface area contributed by atoms with Crippen molar-refractivity contribution in [2.24, 2.45) is 5.41 Å². The van der Waals surface area contributed by atoms with Gasteiger partial charge in [-0.1, -0.05) is 18.6 Å². The summed E-state index contributed by atoms with van der Waals surface area (Å²) in [4.78, 5) is 11.2. The Kier molecular flexibility index (Phi) is 2.86. The van der Waals surface area contributed by atoms with Gasteiger partial charge in [0.2, 0.25) is 0 Å². The highest BCUT2D eigenvalue weighted by molar-refractivity contribution is 5.76. The number of carboxylic acids is 1. The smallest absolute Gasteiger partial charge is 0.311 e. The van der Waals surface area contributed by atoms with E-state index in [9.17, 15) is 9.90 Å². The second-order valence-corrected chi connectivity index (χ2v) is 4.66. The van der Waals surface area contributed by atoms with E-state index >= 15 is 0 Å². The van der Waals surface area contributed by atoms with Gasteiger partial charge < -0.3 is 10.4 Å². The van der Waals surface area contributed by atoms with Gasteiger partial charge in [-0.25, -0.2) is 0 Å². The molecule has 0 bridgehead atoms. The highest BCUT2D eigenvalue weighted by Gasteiger charge is 2.44. The molecule has 0 aromatic heterocycles. The first kappa shape index (κ1) is 11.0. The topological polar surface area (TPSA) is 49.3 Å². The molecule has 2 N–H and O–H groups in total. The molecule has 0 saturated heterocycles. The summed E-state index contributed by atoms with van der Waals surface area (Å²) in [5, 5.41) is 12.4. The van der Waals surface area contributed by atoms with Crippen LogP contribution in [0.2, 0.25) is 0 Å². The van der Waals surface area contributed by atoms with Crippen LogP contribution in [0, 0.1) is 12.3 Å². The molecule has 3 heteroatoms. The van der Waals surface area contributed by atoms with E-state index in [0.29, 0.717) is 6.54 Å². The summed E-state index contributed by atoms with van der Waals surface area (Å²) in [6.07, 6.45) is 2.62. The molecule has 1 aromatic carbocycles. The monoisotopic (exact) mass is 219 g/mol. The third-order valence-electron chi connectivity index (χ3n) is 3.41. The standard InChI is InChI=1S/C13H17NO2/c1-10-4-2-5-11(8-10)14-9-13(12(15)16)6-3-7-13/h2,4-5,8,14H,3,6-7,9H2,1H3,(H,15,16). The van der Waals surface area contributed by atoms with Crippen molar-refractivity contribution in [3.63, 3.8) is 0 Å². The van der Waals surface area contributed by atoms with Crippen LogP contribution in [-0.2, 0) is 4.79 Å². The SMILES string of the molecule is Cc1cccc(NCC2(C(=O)O)CCC2)c1. The van der Waals surface area contributed by atoms with E-state index in [1.807, 2.05) is 31.2 Å². The molecule has 0 unspecified atom stereocenters. The van der Waals surface area contributed by atoms with Gasteiger partial charge in [-0.05, 0) is 37.5 Å². The summed E-state index contributed by atoms with van der Waals surface area (Å²) in [5.41, 5.74) is 1.67. The summed E-state index contributed by atoms with van der Waals surface area (Å²) < 4.78 is 0. The van der Waals surface area contributed by atoms with Crippen LogP contribution in [0.3, 0.4) is 0 Å². The van der Waals surface area contributed by atoms with Gasteiger partial charge in [0.05, 0.1) is 5.41 Å². The van der Waals surface area contributed by atoms with Crippen molar-refractivity contribution in [2.75, 3.05) is 11.9 Å². The van der Waals surface area contributed by atoms with E-state index in [4.69, 9.17) is 0 Å². The molecule has 0 spiro atoms. The lowest BCUT2D eigenvalue weighted by atomic mass is 9.69. The summed E-state index contributed by atoms with van der Waals surface area (Å²) in [6, 6.07) is 8.02. The molecule has 3 nitrogen and oxygen atoms in total. The Morgan fingerprint density at radius 1 is 1.50 bits per heavy atom. The fourth-order valence-electron chi connectivity index (χ4n) is 2.10. The normalized spacial score (nSPS) is 17.6. The molecule has 0 aliphatic heterocycles. The quantitative estimate of drug-likeness (QED) is 0.818. The number of hydrogen-bond donors (Lipinski definition) is 2. The molecular formula is C13H17NO2. The second kappa shape index (κ2) is 4.16. The number of carboxylic acid groups (broad SMARTS) is 1. The number of aliphatic carboxylic acids is 1. The van der Waals surface area contributed by atoms with Gasteiger partial charge in [-0.2, -0.15) is 0 Å². The third-order valence-corrected chi connectivity index (χ3v) is 3.41. The first-order valence-electron chi connectivity index (χ1n) is 5.66. The predicted octanol–water partition coefficient (Wildman–Crippen LogP) is 2.66. The van der Waals surface area contributed by atoms with Crippen LogP contribution in [0.1, 0.15) is 24.8 Å². The average Bonchev–Trinajstić information content (AvgIpc) is 2.15. The second-order valence-electron chi connectivity index (χ2n) is 4.66. The largest absolute Gasteiger partial charge is 0.481 e. The number of hydrogen-bond acceptors (Lipinski definition) is 2. The Hall–Kier alpha value is -1.51. The fraction of sp³-hybridized carbons (Fsp3) is 0.462. The maximum Gasteiger partial charge on any atom is 0.311 e. The molecule has 1 fully saturated rings. The van der Waals surface area contributed by atoms with Gasteiger partial charge in [-0.3, -0.25) is 4.79 Å². The van der Waals surface area contributed by atoms with Crippen LogP contribution < -0.4 is 5.32 Å². The van der Waals surface area contributed by atoms with Crippen molar-refractivity contribution in [3.05, 3.63) is 29.8 Å². The van der Waals surface area contributed by atoms with Crippen LogP contribution in [0.15, 0.2) is 24.3 Å². The minimum Gasteiger partial charge on any atom is -0.481 e. The Morgan fingerprint density at radius 3 is 2.75 bits per heavy atom. The molecule has 1 aliphatic rings. The van der Waals surface area contributed by atoms with E-state index in [2.05, 4.69) is 5.32 Å². The first-order valence-corrected chi connectivity index (χ1v) is 5.66. The zero-order valence-corrected chi connectivity index (χ0v) is 9.49. The van der Waals surface area contributed by atoms with Gasteiger partial charge in [0.1, 0.15) is 0 Å². The van der Waals surface area contributed by atoms with Crippen molar-refractivity contribution in [3.8, 4) is 0 Å². The lowest BCUT2D eigenvalue weighted by Gasteiger charge is -2.37. The molecule has 86 valence electrons.